The molecule has 0 aromatic carbocycles. The van der Waals surface area contributed by atoms with Gasteiger partial charge in [0, 0.05) is 6.61 Å². The van der Waals surface area contributed by atoms with E-state index in [2.05, 4.69) is 10.1 Å². The largest absolute Gasteiger partial charge is 0.480 e. The van der Waals surface area contributed by atoms with Crippen LogP contribution in [0.4, 0.5) is 0 Å². The minimum Gasteiger partial charge on any atom is -0.480 e. The van der Waals surface area contributed by atoms with Crippen molar-refractivity contribution in [2.45, 2.75) is 20.1 Å². The van der Waals surface area contributed by atoms with Crippen molar-refractivity contribution in [3.63, 3.8) is 0 Å². The molecule has 1 N–H and O–H groups in total. The summed E-state index contributed by atoms with van der Waals surface area (Å²) in [6.45, 7) is 2.31. The summed E-state index contributed by atoms with van der Waals surface area (Å²) >= 11 is 0. The monoisotopic (exact) mass is 216 g/mol. The van der Waals surface area contributed by atoms with Crippen molar-refractivity contribution < 1.29 is 23.9 Å². The summed E-state index contributed by atoms with van der Waals surface area (Å²) in [4.78, 5) is 14.0. The van der Waals surface area contributed by atoms with E-state index in [1.807, 2.05) is 6.92 Å². The summed E-state index contributed by atoms with van der Waals surface area (Å²) < 4.78 is 14.6. The molecule has 1 aromatic rings. The third kappa shape index (κ3) is 4.52. The molecule has 0 unspecified atom stereocenters. The van der Waals surface area contributed by atoms with Crippen molar-refractivity contribution in [3.8, 4) is 0 Å². The third-order valence-electron chi connectivity index (χ3n) is 1.40. The van der Waals surface area contributed by atoms with Crippen LogP contribution in [0, 0.1) is 0 Å². The molecule has 0 amide bonds. The fraction of sp³-hybridized carbons (Fsp3) is 0.625. The quantitative estimate of drug-likeness (QED) is 0.695. The smallest absolute Gasteiger partial charge is 0.329 e. The summed E-state index contributed by atoms with van der Waals surface area (Å²) in [6.07, 6.45) is 0. The fourth-order valence-corrected chi connectivity index (χ4v) is 0.826. The number of carbonyl (C=O) groups is 1. The molecule has 0 aliphatic carbocycles. The van der Waals surface area contributed by atoms with Crippen molar-refractivity contribution in [1.29, 1.82) is 0 Å². The van der Waals surface area contributed by atoms with Gasteiger partial charge in [0.25, 0.3) is 5.89 Å². The van der Waals surface area contributed by atoms with Crippen molar-refractivity contribution >= 4 is 5.97 Å². The maximum Gasteiger partial charge on any atom is 0.329 e. The first-order chi connectivity index (χ1) is 7.22. The van der Waals surface area contributed by atoms with Crippen LogP contribution in [0.15, 0.2) is 4.52 Å². The molecule has 7 heteroatoms. The number of rotatable bonds is 7. The first-order valence-corrected chi connectivity index (χ1v) is 4.41. The maximum atomic E-state index is 10.1. The third-order valence-corrected chi connectivity index (χ3v) is 1.40. The highest BCUT2D eigenvalue weighted by molar-refractivity contribution is 5.67. The summed E-state index contributed by atoms with van der Waals surface area (Å²) in [6, 6.07) is 0. The van der Waals surface area contributed by atoms with Crippen LogP contribution in [-0.4, -0.2) is 34.4 Å². The van der Waals surface area contributed by atoms with Gasteiger partial charge < -0.3 is 19.1 Å². The molecular formula is C8H12N2O5. The van der Waals surface area contributed by atoms with Crippen molar-refractivity contribution in [2.75, 3.05) is 13.2 Å². The van der Waals surface area contributed by atoms with E-state index in [4.69, 9.17) is 19.1 Å². The van der Waals surface area contributed by atoms with Crippen LogP contribution in [0.5, 0.6) is 0 Å². The summed E-state index contributed by atoms with van der Waals surface area (Å²) in [5.41, 5.74) is 0. The normalized spacial score (nSPS) is 10.5. The molecule has 1 aromatic heterocycles. The lowest BCUT2D eigenvalue weighted by Crippen LogP contribution is -2.06. The highest BCUT2D eigenvalue weighted by atomic mass is 16.5. The number of carboxylic acids is 1. The first kappa shape index (κ1) is 11.6. The Hall–Kier alpha value is -1.47. The topological polar surface area (TPSA) is 94.7 Å². The molecule has 0 aliphatic rings. The lowest BCUT2D eigenvalue weighted by atomic mass is 10.6. The Balaban J connectivity index is 2.29. The SMILES string of the molecule is CCOCc1noc(COCC(=O)O)n1. The van der Waals surface area contributed by atoms with Crippen molar-refractivity contribution in [3.05, 3.63) is 11.7 Å². The molecule has 7 nitrogen and oxygen atoms in total. The van der Waals surface area contributed by atoms with Gasteiger partial charge in [-0.05, 0) is 6.92 Å². The molecule has 0 bridgehead atoms. The molecule has 1 heterocycles. The van der Waals surface area contributed by atoms with Crippen LogP contribution in [0.1, 0.15) is 18.6 Å². The predicted molar refractivity (Wildman–Crippen MR) is 46.9 cm³/mol. The Morgan fingerprint density at radius 3 is 2.93 bits per heavy atom. The molecule has 0 aliphatic heterocycles. The Morgan fingerprint density at radius 2 is 2.27 bits per heavy atom. The highest BCUT2D eigenvalue weighted by Gasteiger charge is 2.06. The number of carboxylic acid groups (broad SMARTS) is 1. The van der Waals surface area contributed by atoms with Gasteiger partial charge >= 0.3 is 5.97 Å². The number of hydrogen-bond donors (Lipinski definition) is 1. The predicted octanol–water partition coefficient (Wildman–Crippen LogP) is 0.207. The Kier molecular flexibility index (Phi) is 4.72. The van der Waals surface area contributed by atoms with E-state index in [-0.39, 0.29) is 25.7 Å². The summed E-state index contributed by atoms with van der Waals surface area (Å²) in [7, 11) is 0. The van der Waals surface area contributed by atoms with Crippen LogP contribution in [-0.2, 0) is 27.5 Å². The molecule has 0 atom stereocenters. The lowest BCUT2D eigenvalue weighted by molar-refractivity contribution is -0.142. The number of aliphatic carboxylic acids is 1. The second-order valence-electron chi connectivity index (χ2n) is 2.63. The zero-order valence-corrected chi connectivity index (χ0v) is 8.30. The Morgan fingerprint density at radius 1 is 1.47 bits per heavy atom. The molecule has 1 rings (SSSR count). The van der Waals surface area contributed by atoms with Gasteiger partial charge in [-0.2, -0.15) is 4.98 Å². The van der Waals surface area contributed by atoms with E-state index < -0.39 is 5.97 Å². The molecular weight excluding hydrogens is 204 g/mol. The number of nitrogens with zero attached hydrogens (tertiary/aromatic N) is 2. The zero-order chi connectivity index (χ0) is 11.1. The van der Waals surface area contributed by atoms with E-state index in [1.54, 1.807) is 0 Å². The van der Waals surface area contributed by atoms with Crippen LogP contribution in [0.3, 0.4) is 0 Å². The van der Waals surface area contributed by atoms with E-state index in [9.17, 15) is 4.79 Å². The second-order valence-corrected chi connectivity index (χ2v) is 2.63. The van der Waals surface area contributed by atoms with Crippen LogP contribution in [0.25, 0.3) is 0 Å². The fourth-order valence-electron chi connectivity index (χ4n) is 0.826. The van der Waals surface area contributed by atoms with Gasteiger partial charge in [-0.1, -0.05) is 5.16 Å². The van der Waals surface area contributed by atoms with Gasteiger partial charge in [-0.3, -0.25) is 0 Å². The Bertz CT molecular complexity index is 312. The van der Waals surface area contributed by atoms with Gasteiger partial charge in [0.05, 0.1) is 0 Å². The lowest BCUT2D eigenvalue weighted by Gasteiger charge is -1.94. The van der Waals surface area contributed by atoms with E-state index in [0.29, 0.717) is 12.4 Å². The van der Waals surface area contributed by atoms with E-state index in [1.165, 1.54) is 0 Å². The zero-order valence-electron chi connectivity index (χ0n) is 8.30. The standard InChI is InChI=1S/C8H12N2O5/c1-2-13-3-6-9-7(15-10-6)4-14-5-8(11)12/h2-5H2,1H3,(H,11,12). The van der Waals surface area contributed by atoms with Crippen LogP contribution < -0.4 is 0 Å². The van der Waals surface area contributed by atoms with Crippen LogP contribution >= 0.6 is 0 Å². The van der Waals surface area contributed by atoms with E-state index in [0.717, 1.165) is 0 Å². The molecule has 15 heavy (non-hydrogen) atoms. The molecule has 0 saturated carbocycles. The van der Waals surface area contributed by atoms with Gasteiger partial charge in [0.15, 0.2) is 5.82 Å². The minimum atomic E-state index is -1.04. The molecule has 0 saturated heterocycles. The average Bonchev–Trinajstić information content (AvgIpc) is 2.62. The number of aromatic nitrogens is 2. The van der Waals surface area contributed by atoms with Gasteiger partial charge in [-0.15, -0.1) is 0 Å². The number of hydrogen-bond acceptors (Lipinski definition) is 6. The van der Waals surface area contributed by atoms with Gasteiger partial charge in [0.2, 0.25) is 0 Å². The molecule has 0 spiro atoms. The molecule has 0 radical (unpaired) electrons. The van der Waals surface area contributed by atoms with Crippen LogP contribution in [0.2, 0.25) is 0 Å². The average molecular weight is 216 g/mol. The van der Waals surface area contributed by atoms with E-state index >= 15 is 0 Å². The number of ether oxygens (including phenoxy) is 2. The summed E-state index contributed by atoms with van der Waals surface area (Å²) in [5, 5.41) is 11.9. The highest BCUT2D eigenvalue weighted by Crippen LogP contribution is 2.00. The van der Waals surface area contributed by atoms with Gasteiger partial charge in [0.1, 0.15) is 19.8 Å². The maximum absolute atomic E-state index is 10.1. The first-order valence-electron chi connectivity index (χ1n) is 4.41. The minimum absolute atomic E-state index is 0.00851. The second kappa shape index (κ2) is 6.10. The van der Waals surface area contributed by atoms with Crippen molar-refractivity contribution in [2.24, 2.45) is 0 Å². The molecule has 84 valence electrons. The Labute approximate surface area is 86.0 Å². The summed E-state index contributed by atoms with van der Waals surface area (Å²) in [5.74, 6) is -0.374. The van der Waals surface area contributed by atoms with Crippen molar-refractivity contribution in [1.82, 2.24) is 10.1 Å². The molecule has 0 fully saturated rings. The van der Waals surface area contributed by atoms with Gasteiger partial charge in [-0.25, -0.2) is 4.79 Å².